The van der Waals surface area contributed by atoms with Crippen LogP contribution in [0.3, 0.4) is 0 Å². The molecular weight excluding hydrogens is 424 g/mol. The number of hydrogen-bond acceptors (Lipinski definition) is 2. The number of aliphatic hydroxyl groups is 2. The average molecular weight is 457 g/mol. The SMILES string of the molecule is C[C@]12CC[C@H]3[C@@H](CC=C4C[C@@H](O)CC[C@@]43C)[C@@H]1C/C(=C\c1cccc(Br)c1)[C@@H]2O. The fourth-order valence-corrected chi connectivity index (χ4v) is 7.87. The van der Waals surface area contributed by atoms with Crippen LogP contribution in [0.4, 0.5) is 0 Å². The number of halogens is 1. The first-order valence-electron chi connectivity index (χ1n) is 11.3. The second kappa shape index (κ2) is 7.07. The van der Waals surface area contributed by atoms with E-state index < -0.39 is 0 Å². The maximum atomic E-state index is 11.4. The number of benzene rings is 1. The molecule has 1 aromatic carbocycles. The molecule has 29 heavy (non-hydrogen) atoms. The van der Waals surface area contributed by atoms with Crippen molar-refractivity contribution in [2.75, 3.05) is 0 Å². The molecule has 0 radical (unpaired) electrons. The van der Waals surface area contributed by atoms with Crippen LogP contribution in [0.2, 0.25) is 0 Å². The summed E-state index contributed by atoms with van der Waals surface area (Å²) >= 11 is 3.57. The van der Waals surface area contributed by atoms with Crippen LogP contribution >= 0.6 is 15.9 Å². The fraction of sp³-hybridized carbons (Fsp3) is 0.615. The zero-order valence-corrected chi connectivity index (χ0v) is 19.2. The van der Waals surface area contributed by atoms with E-state index >= 15 is 0 Å². The molecule has 4 aliphatic rings. The molecule has 0 aliphatic heterocycles. The van der Waals surface area contributed by atoms with Crippen LogP contribution in [0, 0.1) is 28.6 Å². The minimum absolute atomic E-state index is 0.00506. The highest BCUT2D eigenvalue weighted by atomic mass is 79.9. The standard InChI is InChI=1S/C26H33BrO2/c1-25-10-8-20(28)15-18(25)6-7-21-22(25)9-11-26(2)23(21)14-17(24(26)29)12-16-4-3-5-19(27)13-16/h3-6,12-13,20-24,28-29H,7-11,14-15H2,1-2H3/b17-12+/t20-,21+,22-,23-,24-,25-,26-/m0/s1. The van der Waals surface area contributed by atoms with Crippen LogP contribution in [0.25, 0.3) is 6.08 Å². The van der Waals surface area contributed by atoms with Gasteiger partial charge in [0.15, 0.2) is 0 Å². The summed E-state index contributed by atoms with van der Waals surface area (Å²) in [7, 11) is 0. The molecule has 5 rings (SSSR count). The van der Waals surface area contributed by atoms with E-state index in [0.29, 0.717) is 17.8 Å². The highest BCUT2D eigenvalue weighted by molar-refractivity contribution is 9.10. The van der Waals surface area contributed by atoms with Crippen molar-refractivity contribution in [2.45, 2.75) is 71.0 Å². The van der Waals surface area contributed by atoms with Gasteiger partial charge in [0.2, 0.25) is 0 Å². The van der Waals surface area contributed by atoms with Crippen molar-refractivity contribution in [3.63, 3.8) is 0 Å². The first kappa shape index (κ1) is 20.0. The summed E-state index contributed by atoms with van der Waals surface area (Å²) in [6.45, 7) is 4.81. The second-order valence-electron chi connectivity index (χ2n) is 10.6. The smallest absolute Gasteiger partial charge is 0.0809 e. The van der Waals surface area contributed by atoms with Gasteiger partial charge in [-0.3, -0.25) is 0 Å². The van der Waals surface area contributed by atoms with Gasteiger partial charge in [-0.25, -0.2) is 0 Å². The fourth-order valence-electron chi connectivity index (χ4n) is 7.45. The summed E-state index contributed by atoms with van der Waals surface area (Å²) in [5.41, 5.74) is 4.16. The third-order valence-electron chi connectivity index (χ3n) is 9.15. The molecule has 2 nitrogen and oxygen atoms in total. The highest BCUT2D eigenvalue weighted by Gasteiger charge is 2.59. The predicted octanol–water partition coefficient (Wildman–Crippen LogP) is 6.13. The van der Waals surface area contributed by atoms with Gasteiger partial charge in [-0.1, -0.05) is 59.6 Å². The number of fused-ring (bicyclic) bond motifs is 5. The molecule has 0 saturated heterocycles. The van der Waals surface area contributed by atoms with Gasteiger partial charge in [0, 0.05) is 9.89 Å². The van der Waals surface area contributed by atoms with Gasteiger partial charge in [-0.05, 0) is 91.4 Å². The van der Waals surface area contributed by atoms with Crippen molar-refractivity contribution >= 4 is 22.0 Å². The zero-order chi connectivity index (χ0) is 20.4. The zero-order valence-electron chi connectivity index (χ0n) is 17.6. The van der Waals surface area contributed by atoms with E-state index in [0.717, 1.165) is 43.0 Å². The second-order valence-corrected chi connectivity index (χ2v) is 11.5. The summed E-state index contributed by atoms with van der Waals surface area (Å²) in [4.78, 5) is 0. The van der Waals surface area contributed by atoms with E-state index in [1.165, 1.54) is 23.1 Å². The van der Waals surface area contributed by atoms with Gasteiger partial charge in [0.05, 0.1) is 12.2 Å². The normalized spacial score (nSPS) is 45.3. The van der Waals surface area contributed by atoms with Crippen LogP contribution in [0.15, 0.2) is 46.0 Å². The molecule has 0 aromatic heterocycles. The molecule has 4 aliphatic carbocycles. The first-order valence-corrected chi connectivity index (χ1v) is 12.1. The van der Waals surface area contributed by atoms with Crippen molar-refractivity contribution in [3.05, 3.63) is 51.5 Å². The summed E-state index contributed by atoms with van der Waals surface area (Å²) in [6, 6.07) is 8.37. The molecular formula is C26H33BrO2. The van der Waals surface area contributed by atoms with Gasteiger partial charge in [0.1, 0.15) is 0 Å². The molecule has 2 N–H and O–H groups in total. The van der Waals surface area contributed by atoms with E-state index in [4.69, 9.17) is 0 Å². The Bertz CT molecular complexity index is 873. The Labute approximate surface area is 183 Å². The Kier molecular flexibility index (Phi) is 4.88. The van der Waals surface area contributed by atoms with E-state index in [1.54, 1.807) is 0 Å². The van der Waals surface area contributed by atoms with Gasteiger partial charge in [-0.2, -0.15) is 0 Å². The summed E-state index contributed by atoms with van der Waals surface area (Å²) in [5, 5.41) is 21.6. The summed E-state index contributed by atoms with van der Waals surface area (Å²) in [6.07, 6.45) is 11.6. The number of rotatable bonds is 1. The maximum absolute atomic E-state index is 11.4. The van der Waals surface area contributed by atoms with Gasteiger partial charge in [0.25, 0.3) is 0 Å². The minimum Gasteiger partial charge on any atom is -0.393 e. The third kappa shape index (κ3) is 3.11. The van der Waals surface area contributed by atoms with Crippen LogP contribution in [-0.2, 0) is 0 Å². The molecule has 0 spiro atoms. The van der Waals surface area contributed by atoms with Crippen molar-refractivity contribution < 1.29 is 10.2 Å². The predicted molar refractivity (Wildman–Crippen MR) is 121 cm³/mol. The van der Waals surface area contributed by atoms with Crippen molar-refractivity contribution in [3.8, 4) is 0 Å². The van der Waals surface area contributed by atoms with Crippen LogP contribution in [-0.4, -0.2) is 22.4 Å². The molecule has 0 amide bonds. The van der Waals surface area contributed by atoms with E-state index in [1.807, 2.05) is 6.07 Å². The monoisotopic (exact) mass is 456 g/mol. The van der Waals surface area contributed by atoms with E-state index in [2.05, 4.69) is 60.1 Å². The molecule has 3 fully saturated rings. The van der Waals surface area contributed by atoms with E-state index in [-0.39, 0.29) is 23.0 Å². The number of hydrogen-bond donors (Lipinski definition) is 2. The Morgan fingerprint density at radius 1 is 1.07 bits per heavy atom. The molecule has 3 saturated carbocycles. The van der Waals surface area contributed by atoms with Crippen molar-refractivity contribution in [2.24, 2.45) is 28.6 Å². The molecule has 7 atom stereocenters. The van der Waals surface area contributed by atoms with Crippen LogP contribution < -0.4 is 0 Å². The topological polar surface area (TPSA) is 40.5 Å². The number of allylic oxidation sites excluding steroid dienone is 1. The van der Waals surface area contributed by atoms with Crippen molar-refractivity contribution in [1.29, 1.82) is 0 Å². The molecule has 0 heterocycles. The summed E-state index contributed by atoms with van der Waals surface area (Å²) < 4.78 is 1.08. The Morgan fingerprint density at radius 3 is 2.69 bits per heavy atom. The Morgan fingerprint density at radius 2 is 1.90 bits per heavy atom. The molecule has 156 valence electrons. The third-order valence-corrected chi connectivity index (χ3v) is 9.64. The molecule has 1 aromatic rings. The van der Waals surface area contributed by atoms with Crippen LogP contribution in [0.5, 0.6) is 0 Å². The lowest BCUT2D eigenvalue weighted by Crippen LogP contribution is -2.51. The van der Waals surface area contributed by atoms with Crippen molar-refractivity contribution in [1.82, 2.24) is 0 Å². The number of aliphatic hydroxyl groups excluding tert-OH is 2. The quantitative estimate of drug-likeness (QED) is 0.499. The minimum atomic E-state index is -0.334. The largest absolute Gasteiger partial charge is 0.393 e. The highest BCUT2D eigenvalue weighted by Crippen LogP contribution is 2.65. The van der Waals surface area contributed by atoms with Gasteiger partial charge < -0.3 is 10.2 Å². The first-order chi connectivity index (χ1) is 13.8. The average Bonchev–Trinajstić information content (AvgIpc) is 2.93. The Balaban J connectivity index is 1.47. The lowest BCUT2D eigenvalue weighted by Gasteiger charge is -2.57. The lowest BCUT2D eigenvalue weighted by atomic mass is 9.48. The molecule has 3 heteroatoms. The van der Waals surface area contributed by atoms with Gasteiger partial charge in [-0.15, -0.1) is 0 Å². The van der Waals surface area contributed by atoms with Crippen LogP contribution in [0.1, 0.15) is 64.4 Å². The molecule has 0 bridgehead atoms. The molecule has 0 unspecified atom stereocenters. The maximum Gasteiger partial charge on any atom is 0.0809 e. The lowest BCUT2D eigenvalue weighted by molar-refractivity contribution is -0.0685. The van der Waals surface area contributed by atoms with Gasteiger partial charge >= 0.3 is 0 Å². The van der Waals surface area contributed by atoms with E-state index in [9.17, 15) is 10.2 Å². The summed E-state index contributed by atoms with van der Waals surface area (Å²) in [5.74, 6) is 1.91. The Hall–Kier alpha value is -0.900.